The molecule has 1 amide bonds. The average molecular weight is 449 g/mol. The van der Waals surface area contributed by atoms with Gasteiger partial charge in [0.15, 0.2) is 11.9 Å². The summed E-state index contributed by atoms with van der Waals surface area (Å²) in [5.41, 5.74) is 2.21. The first kappa shape index (κ1) is 21.6. The van der Waals surface area contributed by atoms with Crippen LogP contribution in [-0.2, 0) is 9.53 Å². The summed E-state index contributed by atoms with van der Waals surface area (Å²) < 4.78 is 5.86. The Morgan fingerprint density at radius 2 is 1.89 bits per heavy atom. The number of H-pyrrole nitrogens is 1. The fourth-order valence-electron chi connectivity index (χ4n) is 2.90. The summed E-state index contributed by atoms with van der Waals surface area (Å²) in [6, 6.07) is 6.71. The first-order chi connectivity index (χ1) is 13.1. The quantitative estimate of drug-likeness (QED) is 0.499. The van der Waals surface area contributed by atoms with Gasteiger partial charge in [-0.1, -0.05) is 22.0 Å². The molecule has 0 saturated carbocycles. The number of carbonyl (C=O) groups excluding carboxylic acids is 4. The van der Waals surface area contributed by atoms with Crippen LogP contribution < -0.4 is 5.32 Å². The largest absolute Gasteiger partial charge is 0.453 e. The van der Waals surface area contributed by atoms with Crippen LogP contribution in [0.15, 0.2) is 28.7 Å². The van der Waals surface area contributed by atoms with Crippen LogP contribution in [0, 0.1) is 13.8 Å². The van der Waals surface area contributed by atoms with Crippen molar-refractivity contribution >= 4 is 39.4 Å². The molecule has 2 rings (SSSR count). The highest BCUT2D eigenvalue weighted by molar-refractivity contribution is 9.10. The van der Waals surface area contributed by atoms with Crippen LogP contribution in [0.1, 0.15) is 56.3 Å². The molecule has 1 aromatic carbocycles. The predicted molar refractivity (Wildman–Crippen MR) is 107 cm³/mol. The number of aromatic nitrogens is 1. The highest BCUT2D eigenvalue weighted by Crippen LogP contribution is 2.20. The van der Waals surface area contributed by atoms with Crippen LogP contribution in [0.5, 0.6) is 0 Å². The van der Waals surface area contributed by atoms with Crippen molar-refractivity contribution in [1.29, 1.82) is 0 Å². The maximum atomic E-state index is 12.6. The molecule has 1 heterocycles. The molecule has 1 atom stereocenters. The Hall–Kier alpha value is -2.74. The van der Waals surface area contributed by atoms with Crippen LogP contribution in [0.4, 0.5) is 0 Å². The minimum atomic E-state index is -1.06. The van der Waals surface area contributed by atoms with Crippen LogP contribution in [0.3, 0.4) is 0 Å². The third-order valence-corrected chi connectivity index (χ3v) is 4.69. The lowest BCUT2D eigenvalue weighted by molar-refractivity contribution is -0.145. The first-order valence-electron chi connectivity index (χ1n) is 8.59. The Labute approximate surface area is 171 Å². The van der Waals surface area contributed by atoms with E-state index in [9.17, 15) is 19.2 Å². The molecule has 0 radical (unpaired) electrons. The number of ketones is 2. The number of Topliss-reactive ketones (excluding diaryl/α,β-unsaturated/α-hetero) is 2. The Kier molecular flexibility index (Phi) is 6.90. The van der Waals surface area contributed by atoms with Gasteiger partial charge in [-0.05, 0) is 51.5 Å². The molecule has 1 aromatic heterocycles. The molecule has 28 heavy (non-hydrogen) atoms. The molecule has 0 saturated heterocycles. The average Bonchev–Trinajstić information content (AvgIpc) is 2.93. The lowest BCUT2D eigenvalue weighted by Gasteiger charge is -2.13. The second-order valence-electron chi connectivity index (χ2n) is 6.37. The van der Waals surface area contributed by atoms with Crippen LogP contribution in [0.2, 0.25) is 0 Å². The SMILES string of the molecule is CC(=O)c1c(C)[nH]c(C(=O)C(C)OC(=O)CNC(=O)c2cccc(Br)c2)c1C. The number of esters is 1. The summed E-state index contributed by atoms with van der Waals surface area (Å²) in [6.07, 6.45) is -1.06. The van der Waals surface area contributed by atoms with E-state index in [0.29, 0.717) is 22.4 Å². The van der Waals surface area contributed by atoms with E-state index >= 15 is 0 Å². The number of carbonyl (C=O) groups is 4. The Morgan fingerprint density at radius 1 is 1.21 bits per heavy atom. The number of benzene rings is 1. The molecule has 2 N–H and O–H groups in total. The van der Waals surface area contributed by atoms with Gasteiger partial charge in [-0.3, -0.25) is 19.2 Å². The minimum Gasteiger partial charge on any atom is -0.453 e. The lowest BCUT2D eigenvalue weighted by Crippen LogP contribution is -2.34. The Bertz CT molecular complexity index is 948. The number of hydrogen-bond donors (Lipinski definition) is 2. The van der Waals surface area contributed by atoms with Gasteiger partial charge in [0.05, 0.1) is 5.69 Å². The van der Waals surface area contributed by atoms with Gasteiger partial charge in [-0.15, -0.1) is 0 Å². The van der Waals surface area contributed by atoms with Gasteiger partial charge in [0.1, 0.15) is 6.54 Å². The second-order valence-corrected chi connectivity index (χ2v) is 7.29. The lowest BCUT2D eigenvalue weighted by atomic mass is 10.0. The second kappa shape index (κ2) is 8.97. The molecular weight excluding hydrogens is 428 g/mol. The normalized spacial score (nSPS) is 11.6. The minimum absolute atomic E-state index is 0.148. The van der Waals surface area contributed by atoms with Crippen LogP contribution in [-0.4, -0.2) is 41.1 Å². The Balaban J connectivity index is 1.97. The third-order valence-electron chi connectivity index (χ3n) is 4.19. The summed E-state index contributed by atoms with van der Waals surface area (Å²) >= 11 is 3.27. The van der Waals surface area contributed by atoms with Crippen LogP contribution in [0.25, 0.3) is 0 Å². The smallest absolute Gasteiger partial charge is 0.326 e. The monoisotopic (exact) mass is 448 g/mol. The number of aromatic amines is 1. The van der Waals surface area contributed by atoms with Crippen LogP contribution >= 0.6 is 15.9 Å². The summed E-state index contributed by atoms with van der Waals surface area (Å²) in [6.45, 7) is 5.87. The molecule has 2 aromatic rings. The molecule has 0 fully saturated rings. The molecule has 0 spiro atoms. The van der Waals surface area contributed by atoms with Gasteiger partial charge < -0.3 is 15.0 Å². The zero-order valence-electron chi connectivity index (χ0n) is 16.0. The van der Waals surface area contributed by atoms with Gasteiger partial charge in [0, 0.05) is 21.3 Å². The molecule has 0 aliphatic carbocycles. The topological polar surface area (TPSA) is 105 Å². The van der Waals surface area contributed by atoms with Gasteiger partial charge in [0.25, 0.3) is 5.91 Å². The zero-order chi connectivity index (χ0) is 21.0. The molecule has 0 aliphatic rings. The number of aryl methyl sites for hydroxylation is 1. The summed E-state index contributed by atoms with van der Waals surface area (Å²) in [4.78, 5) is 51.2. The van der Waals surface area contributed by atoms with Crippen molar-refractivity contribution in [3.63, 3.8) is 0 Å². The molecule has 148 valence electrons. The fourth-order valence-corrected chi connectivity index (χ4v) is 3.30. The van der Waals surface area contributed by atoms with E-state index in [0.717, 1.165) is 4.47 Å². The van der Waals surface area contributed by atoms with Gasteiger partial charge in [-0.25, -0.2) is 0 Å². The van der Waals surface area contributed by atoms with Crippen molar-refractivity contribution in [1.82, 2.24) is 10.3 Å². The zero-order valence-corrected chi connectivity index (χ0v) is 17.6. The van der Waals surface area contributed by atoms with Gasteiger partial charge in [-0.2, -0.15) is 0 Å². The molecule has 8 heteroatoms. The maximum absolute atomic E-state index is 12.6. The van der Waals surface area contributed by atoms with Crippen molar-refractivity contribution in [2.45, 2.75) is 33.8 Å². The number of nitrogens with one attached hydrogen (secondary N) is 2. The number of amides is 1. The van der Waals surface area contributed by atoms with Crippen molar-refractivity contribution in [3.8, 4) is 0 Å². The molecule has 0 aliphatic heterocycles. The highest BCUT2D eigenvalue weighted by Gasteiger charge is 2.26. The third kappa shape index (κ3) is 4.95. The number of rotatable bonds is 7. The molecule has 0 bridgehead atoms. The van der Waals surface area contributed by atoms with Crippen molar-refractivity contribution < 1.29 is 23.9 Å². The van der Waals surface area contributed by atoms with E-state index in [-0.39, 0.29) is 18.0 Å². The maximum Gasteiger partial charge on any atom is 0.326 e. The molecule has 1 unspecified atom stereocenters. The van der Waals surface area contributed by atoms with Gasteiger partial charge >= 0.3 is 5.97 Å². The van der Waals surface area contributed by atoms with E-state index in [1.165, 1.54) is 13.8 Å². The Morgan fingerprint density at radius 3 is 2.46 bits per heavy atom. The van der Waals surface area contributed by atoms with E-state index in [1.54, 1.807) is 38.1 Å². The van der Waals surface area contributed by atoms with E-state index in [4.69, 9.17) is 4.74 Å². The van der Waals surface area contributed by atoms with E-state index in [1.807, 2.05) is 0 Å². The summed E-state index contributed by atoms with van der Waals surface area (Å²) in [5, 5.41) is 2.45. The summed E-state index contributed by atoms with van der Waals surface area (Å²) in [5.74, 6) is -1.76. The van der Waals surface area contributed by atoms with Gasteiger partial charge in [0.2, 0.25) is 5.78 Å². The van der Waals surface area contributed by atoms with E-state index in [2.05, 4.69) is 26.2 Å². The standard InChI is InChI=1S/C20H21BrN2O5/c1-10-17(12(3)24)11(2)23-18(10)19(26)13(4)28-16(25)9-22-20(27)14-6-5-7-15(21)8-14/h5-8,13,23H,9H2,1-4H3,(H,22,27). The van der Waals surface area contributed by atoms with E-state index < -0.39 is 23.8 Å². The fraction of sp³-hybridized carbons (Fsp3) is 0.300. The number of halogens is 1. The van der Waals surface area contributed by atoms with Crippen molar-refractivity contribution in [2.24, 2.45) is 0 Å². The van der Waals surface area contributed by atoms with Crippen molar-refractivity contribution in [3.05, 3.63) is 56.8 Å². The predicted octanol–water partition coefficient (Wildman–Crippen LogP) is 3.14. The highest BCUT2D eigenvalue weighted by atomic mass is 79.9. The number of hydrogen-bond acceptors (Lipinski definition) is 5. The number of ether oxygens (including phenoxy) is 1. The molecular formula is C20H21BrN2O5. The summed E-state index contributed by atoms with van der Waals surface area (Å²) in [7, 11) is 0. The van der Waals surface area contributed by atoms with Crippen molar-refractivity contribution in [2.75, 3.05) is 6.54 Å². The first-order valence-corrected chi connectivity index (χ1v) is 9.38. The molecule has 7 nitrogen and oxygen atoms in total.